The Morgan fingerprint density at radius 3 is 2.57 bits per heavy atom. The summed E-state index contributed by atoms with van der Waals surface area (Å²) < 4.78 is 38.7. The van der Waals surface area contributed by atoms with E-state index < -0.39 is 17.6 Å². The molecule has 3 N–H and O–H groups in total. The third-order valence-electron chi connectivity index (χ3n) is 4.23. The van der Waals surface area contributed by atoms with E-state index in [1.54, 1.807) is 24.4 Å². The zero-order valence-electron chi connectivity index (χ0n) is 15.0. The Labute approximate surface area is 160 Å². The van der Waals surface area contributed by atoms with Gasteiger partial charge in [0.25, 0.3) is 5.91 Å². The minimum atomic E-state index is -4.49. The molecule has 0 bridgehead atoms. The van der Waals surface area contributed by atoms with Gasteiger partial charge in [0.1, 0.15) is 0 Å². The van der Waals surface area contributed by atoms with Crippen molar-refractivity contribution >= 4 is 17.3 Å². The van der Waals surface area contributed by atoms with Gasteiger partial charge in [-0.1, -0.05) is 12.1 Å². The molecule has 1 heterocycles. The quantitative estimate of drug-likeness (QED) is 0.632. The maximum absolute atomic E-state index is 12.9. The summed E-state index contributed by atoms with van der Waals surface area (Å²) in [5.74, 6) is -0.533. The van der Waals surface area contributed by atoms with Crippen molar-refractivity contribution in [2.45, 2.75) is 19.5 Å². The molecule has 0 saturated heterocycles. The van der Waals surface area contributed by atoms with Crippen LogP contribution in [0.5, 0.6) is 0 Å². The van der Waals surface area contributed by atoms with Crippen LogP contribution in [0.15, 0.2) is 60.8 Å². The number of carbonyl (C=O) groups is 1. The second kappa shape index (κ2) is 7.72. The molecule has 144 valence electrons. The van der Waals surface area contributed by atoms with Crippen molar-refractivity contribution in [3.63, 3.8) is 0 Å². The highest BCUT2D eigenvalue weighted by atomic mass is 19.4. The van der Waals surface area contributed by atoms with E-state index in [0.29, 0.717) is 23.2 Å². The van der Waals surface area contributed by atoms with Gasteiger partial charge in [-0.3, -0.25) is 9.78 Å². The third-order valence-corrected chi connectivity index (χ3v) is 4.23. The number of nitrogens with two attached hydrogens (primary N) is 1. The fraction of sp³-hybridized carbons (Fsp3) is 0.143. The van der Waals surface area contributed by atoms with Crippen LogP contribution in [0.1, 0.15) is 32.7 Å². The minimum Gasteiger partial charge on any atom is -0.398 e. The molecule has 0 fully saturated rings. The predicted octanol–water partition coefficient (Wildman–Crippen LogP) is 4.83. The average Bonchev–Trinajstić information content (AvgIpc) is 2.63. The van der Waals surface area contributed by atoms with E-state index in [1.807, 2.05) is 19.1 Å². The monoisotopic (exact) mass is 385 g/mol. The summed E-state index contributed by atoms with van der Waals surface area (Å²) in [5, 5.41) is 2.52. The summed E-state index contributed by atoms with van der Waals surface area (Å²) in [5.41, 5.74) is 8.34. The molecule has 28 heavy (non-hydrogen) atoms. The van der Waals surface area contributed by atoms with Crippen molar-refractivity contribution in [1.82, 2.24) is 4.98 Å². The van der Waals surface area contributed by atoms with Gasteiger partial charge in [0.2, 0.25) is 0 Å². The summed E-state index contributed by atoms with van der Waals surface area (Å²) in [6, 6.07) is 13.1. The Bertz CT molecular complexity index is 1020. The van der Waals surface area contributed by atoms with Crippen LogP contribution in [0.25, 0.3) is 0 Å². The third kappa shape index (κ3) is 4.49. The average molecular weight is 385 g/mol. The van der Waals surface area contributed by atoms with Crippen molar-refractivity contribution in [1.29, 1.82) is 0 Å². The highest BCUT2D eigenvalue weighted by Crippen LogP contribution is 2.31. The standard InChI is InChI=1S/C21H18F3N3O/c1-13-8-9-26-16(10-13)12-18-17(6-3-7-19(18)25)20(28)27-15-5-2-4-14(11-15)21(22,23)24/h2-11H,12,25H2,1H3,(H,27,28). The number of nitrogen functional groups attached to an aromatic ring is 1. The molecule has 2 aromatic carbocycles. The molecule has 3 aromatic rings. The molecule has 0 aliphatic rings. The number of carbonyl (C=O) groups excluding carboxylic acids is 1. The molecule has 1 aromatic heterocycles. The van der Waals surface area contributed by atoms with E-state index in [9.17, 15) is 18.0 Å². The topological polar surface area (TPSA) is 68.0 Å². The minimum absolute atomic E-state index is 0.0573. The maximum Gasteiger partial charge on any atom is 0.416 e. The number of benzene rings is 2. The molecular formula is C21H18F3N3O. The lowest BCUT2D eigenvalue weighted by Gasteiger charge is -2.14. The second-order valence-corrected chi connectivity index (χ2v) is 6.41. The number of rotatable bonds is 4. The number of hydrogen-bond donors (Lipinski definition) is 2. The van der Waals surface area contributed by atoms with E-state index >= 15 is 0 Å². The van der Waals surface area contributed by atoms with Crippen molar-refractivity contribution < 1.29 is 18.0 Å². The first-order chi connectivity index (χ1) is 13.2. The molecule has 3 rings (SSSR count). The number of nitrogens with one attached hydrogen (secondary N) is 1. The second-order valence-electron chi connectivity index (χ2n) is 6.41. The zero-order valence-corrected chi connectivity index (χ0v) is 15.0. The van der Waals surface area contributed by atoms with E-state index in [2.05, 4.69) is 10.3 Å². The lowest BCUT2D eigenvalue weighted by molar-refractivity contribution is -0.137. The number of nitrogens with zero attached hydrogens (tertiary/aromatic N) is 1. The van der Waals surface area contributed by atoms with Crippen molar-refractivity contribution in [3.05, 3.63) is 88.7 Å². The fourth-order valence-electron chi connectivity index (χ4n) is 2.86. The van der Waals surface area contributed by atoms with Crippen LogP contribution < -0.4 is 11.1 Å². The number of alkyl halides is 3. The smallest absolute Gasteiger partial charge is 0.398 e. The van der Waals surface area contributed by atoms with Crippen LogP contribution in [-0.2, 0) is 12.6 Å². The first kappa shape index (κ1) is 19.4. The van der Waals surface area contributed by atoms with E-state index in [-0.39, 0.29) is 5.69 Å². The van der Waals surface area contributed by atoms with E-state index in [0.717, 1.165) is 23.4 Å². The van der Waals surface area contributed by atoms with Gasteiger partial charge in [-0.15, -0.1) is 0 Å². The number of pyridine rings is 1. The Morgan fingerprint density at radius 1 is 1.11 bits per heavy atom. The summed E-state index contributed by atoms with van der Waals surface area (Å²) in [6.45, 7) is 1.93. The summed E-state index contributed by atoms with van der Waals surface area (Å²) in [4.78, 5) is 17.0. The Morgan fingerprint density at radius 2 is 1.86 bits per heavy atom. The first-order valence-corrected chi connectivity index (χ1v) is 8.51. The van der Waals surface area contributed by atoms with Crippen LogP contribution in [-0.4, -0.2) is 10.9 Å². The summed E-state index contributed by atoms with van der Waals surface area (Å²) >= 11 is 0. The summed E-state index contributed by atoms with van der Waals surface area (Å²) in [6.07, 6.45) is -2.48. The molecule has 0 unspecified atom stereocenters. The van der Waals surface area contributed by atoms with Crippen molar-refractivity contribution in [2.75, 3.05) is 11.1 Å². The highest BCUT2D eigenvalue weighted by Gasteiger charge is 2.30. The van der Waals surface area contributed by atoms with Crippen molar-refractivity contribution in [3.8, 4) is 0 Å². The van der Waals surface area contributed by atoms with Gasteiger partial charge < -0.3 is 11.1 Å². The molecular weight excluding hydrogens is 367 g/mol. The van der Waals surface area contributed by atoms with Gasteiger partial charge >= 0.3 is 6.18 Å². The molecule has 0 aliphatic carbocycles. The Kier molecular flexibility index (Phi) is 5.35. The maximum atomic E-state index is 12.9. The Hall–Kier alpha value is -3.35. The summed E-state index contributed by atoms with van der Waals surface area (Å²) in [7, 11) is 0. The van der Waals surface area contributed by atoms with Crippen LogP contribution in [0.4, 0.5) is 24.5 Å². The normalized spacial score (nSPS) is 11.3. The molecule has 0 aliphatic heterocycles. The molecule has 0 atom stereocenters. The number of halogens is 3. The Balaban J connectivity index is 1.89. The SMILES string of the molecule is Cc1ccnc(Cc2c(N)cccc2C(=O)Nc2cccc(C(F)(F)F)c2)c1. The molecule has 0 saturated carbocycles. The number of amides is 1. The van der Waals surface area contributed by atoms with Gasteiger partial charge in [0.15, 0.2) is 0 Å². The highest BCUT2D eigenvalue weighted by molar-refractivity contribution is 6.06. The molecule has 4 nitrogen and oxygen atoms in total. The van der Waals surface area contributed by atoms with Crippen LogP contribution >= 0.6 is 0 Å². The van der Waals surface area contributed by atoms with Crippen LogP contribution in [0, 0.1) is 6.92 Å². The number of aromatic nitrogens is 1. The number of aryl methyl sites for hydroxylation is 1. The van der Waals surface area contributed by atoms with Crippen LogP contribution in [0.3, 0.4) is 0 Å². The molecule has 7 heteroatoms. The first-order valence-electron chi connectivity index (χ1n) is 8.51. The van der Waals surface area contributed by atoms with Gasteiger partial charge in [-0.05, 0) is 60.5 Å². The predicted molar refractivity (Wildman–Crippen MR) is 102 cm³/mol. The van der Waals surface area contributed by atoms with Crippen LogP contribution in [0.2, 0.25) is 0 Å². The lowest BCUT2D eigenvalue weighted by atomic mass is 9.99. The van der Waals surface area contributed by atoms with Gasteiger partial charge in [0.05, 0.1) is 5.56 Å². The van der Waals surface area contributed by atoms with E-state index in [1.165, 1.54) is 12.1 Å². The van der Waals surface area contributed by atoms with E-state index in [4.69, 9.17) is 5.73 Å². The number of hydrogen-bond acceptors (Lipinski definition) is 3. The molecule has 0 spiro atoms. The lowest BCUT2D eigenvalue weighted by Crippen LogP contribution is -2.16. The van der Waals surface area contributed by atoms with Gasteiger partial charge in [-0.2, -0.15) is 13.2 Å². The molecule has 0 radical (unpaired) electrons. The van der Waals surface area contributed by atoms with Gasteiger partial charge in [0, 0.05) is 35.2 Å². The molecule has 1 amide bonds. The number of anilines is 2. The van der Waals surface area contributed by atoms with Crippen molar-refractivity contribution in [2.24, 2.45) is 0 Å². The zero-order chi connectivity index (χ0) is 20.3. The van der Waals surface area contributed by atoms with Gasteiger partial charge in [-0.25, -0.2) is 0 Å². The largest absolute Gasteiger partial charge is 0.416 e. The fourth-order valence-corrected chi connectivity index (χ4v) is 2.86.